The number of unbranched alkanes of at least 4 members (excludes halogenated alkanes) is 1. The van der Waals surface area contributed by atoms with Gasteiger partial charge in [-0.3, -0.25) is 0 Å². The second kappa shape index (κ2) is 7.68. The predicted molar refractivity (Wildman–Crippen MR) is 68.1 cm³/mol. The number of nitrogens with zero attached hydrogens (tertiary/aromatic N) is 1. The molecule has 17 heavy (non-hydrogen) atoms. The van der Waals surface area contributed by atoms with Crippen LogP contribution in [0.4, 0.5) is 0 Å². The number of benzene rings is 1. The number of ether oxygens (including phenoxy) is 1. The van der Waals surface area contributed by atoms with Crippen LogP contribution in [0.25, 0.3) is 0 Å². The van der Waals surface area contributed by atoms with Crippen molar-refractivity contribution < 1.29 is 9.94 Å². The summed E-state index contributed by atoms with van der Waals surface area (Å²) >= 11 is 0. The first kappa shape index (κ1) is 13.5. The van der Waals surface area contributed by atoms with Gasteiger partial charge in [0.25, 0.3) is 0 Å². The SMILES string of the molecule is CC(OCCCC/C(N)=N/O)c1ccccc1. The van der Waals surface area contributed by atoms with Crippen LogP contribution in [-0.4, -0.2) is 17.6 Å². The van der Waals surface area contributed by atoms with Gasteiger partial charge in [0.2, 0.25) is 0 Å². The van der Waals surface area contributed by atoms with E-state index in [0.29, 0.717) is 13.0 Å². The normalized spacial score (nSPS) is 13.6. The molecule has 4 nitrogen and oxygen atoms in total. The van der Waals surface area contributed by atoms with Crippen LogP contribution in [-0.2, 0) is 4.74 Å². The van der Waals surface area contributed by atoms with E-state index >= 15 is 0 Å². The Bertz CT molecular complexity index is 339. The highest BCUT2D eigenvalue weighted by Gasteiger charge is 2.04. The van der Waals surface area contributed by atoms with Crippen LogP contribution in [0.1, 0.15) is 37.9 Å². The van der Waals surface area contributed by atoms with E-state index in [-0.39, 0.29) is 11.9 Å². The van der Waals surface area contributed by atoms with E-state index in [4.69, 9.17) is 15.7 Å². The Morgan fingerprint density at radius 3 is 2.71 bits per heavy atom. The van der Waals surface area contributed by atoms with Crippen molar-refractivity contribution in [3.63, 3.8) is 0 Å². The summed E-state index contributed by atoms with van der Waals surface area (Å²) in [5.41, 5.74) is 6.55. The summed E-state index contributed by atoms with van der Waals surface area (Å²) in [6.07, 6.45) is 2.50. The van der Waals surface area contributed by atoms with Crippen LogP contribution >= 0.6 is 0 Å². The molecule has 0 fully saturated rings. The Morgan fingerprint density at radius 1 is 1.35 bits per heavy atom. The quantitative estimate of drug-likeness (QED) is 0.251. The number of hydrogen-bond donors (Lipinski definition) is 2. The highest BCUT2D eigenvalue weighted by Crippen LogP contribution is 2.16. The third-order valence-corrected chi connectivity index (χ3v) is 2.59. The second-order valence-electron chi connectivity index (χ2n) is 3.97. The molecular weight excluding hydrogens is 216 g/mol. The molecule has 0 aromatic heterocycles. The Morgan fingerprint density at radius 2 is 2.06 bits per heavy atom. The summed E-state index contributed by atoms with van der Waals surface area (Å²) in [5.74, 6) is 0.279. The van der Waals surface area contributed by atoms with Gasteiger partial charge in [0.1, 0.15) is 5.84 Å². The average Bonchev–Trinajstić information content (AvgIpc) is 2.38. The van der Waals surface area contributed by atoms with E-state index in [9.17, 15) is 0 Å². The van der Waals surface area contributed by atoms with Gasteiger partial charge < -0.3 is 15.7 Å². The lowest BCUT2D eigenvalue weighted by Gasteiger charge is -2.13. The molecule has 1 aromatic rings. The van der Waals surface area contributed by atoms with Crippen molar-refractivity contribution in [3.05, 3.63) is 35.9 Å². The highest BCUT2D eigenvalue weighted by molar-refractivity contribution is 5.79. The molecule has 0 saturated heterocycles. The van der Waals surface area contributed by atoms with Gasteiger partial charge in [0.15, 0.2) is 0 Å². The van der Waals surface area contributed by atoms with Gasteiger partial charge in [-0.1, -0.05) is 35.5 Å². The molecule has 1 unspecified atom stereocenters. The molecule has 0 bridgehead atoms. The molecule has 3 N–H and O–H groups in total. The molecule has 94 valence electrons. The molecule has 0 heterocycles. The fraction of sp³-hybridized carbons (Fsp3) is 0.462. The van der Waals surface area contributed by atoms with Crippen LogP contribution in [0.2, 0.25) is 0 Å². The summed E-state index contributed by atoms with van der Waals surface area (Å²) in [5, 5.41) is 11.3. The molecule has 0 aliphatic heterocycles. The van der Waals surface area contributed by atoms with Crippen LogP contribution < -0.4 is 5.73 Å². The van der Waals surface area contributed by atoms with Gasteiger partial charge in [-0.05, 0) is 25.3 Å². The molecule has 4 heteroatoms. The third kappa shape index (κ3) is 5.36. The van der Waals surface area contributed by atoms with Crippen molar-refractivity contribution >= 4 is 5.84 Å². The predicted octanol–water partition coefficient (Wildman–Crippen LogP) is 2.68. The number of amidine groups is 1. The van der Waals surface area contributed by atoms with E-state index in [1.54, 1.807) is 0 Å². The molecular formula is C13H20N2O2. The Labute approximate surface area is 102 Å². The first-order valence-electron chi connectivity index (χ1n) is 5.87. The first-order valence-corrected chi connectivity index (χ1v) is 5.87. The number of hydrogen-bond acceptors (Lipinski definition) is 3. The van der Waals surface area contributed by atoms with Crippen LogP contribution in [0.5, 0.6) is 0 Å². The van der Waals surface area contributed by atoms with Crippen LogP contribution in [0, 0.1) is 0 Å². The zero-order valence-corrected chi connectivity index (χ0v) is 10.2. The summed E-state index contributed by atoms with van der Waals surface area (Å²) in [4.78, 5) is 0. The smallest absolute Gasteiger partial charge is 0.139 e. The second-order valence-corrected chi connectivity index (χ2v) is 3.97. The van der Waals surface area contributed by atoms with Crippen molar-refractivity contribution in [2.45, 2.75) is 32.3 Å². The first-order chi connectivity index (χ1) is 8.24. The molecule has 0 aliphatic rings. The standard InChI is InChI=1S/C13H20N2O2/c1-11(12-7-3-2-4-8-12)17-10-6-5-9-13(14)15-16/h2-4,7-8,11,16H,5-6,9-10H2,1H3,(H2,14,15). The summed E-state index contributed by atoms with van der Waals surface area (Å²) < 4.78 is 5.70. The Hall–Kier alpha value is -1.55. The summed E-state index contributed by atoms with van der Waals surface area (Å²) in [6, 6.07) is 10.1. The van der Waals surface area contributed by atoms with Crippen LogP contribution in [0.15, 0.2) is 35.5 Å². The van der Waals surface area contributed by atoms with Crippen molar-refractivity contribution in [3.8, 4) is 0 Å². The summed E-state index contributed by atoms with van der Waals surface area (Å²) in [7, 11) is 0. The molecule has 1 atom stereocenters. The topological polar surface area (TPSA) is 67.8 Å². The van der Waals surface area contributed by atoms with Gasteiger partial charge >= 0.3 is 0 Å². The van der Waals surface area contributed by atoms with E-state index in [1.165, 1.54) is 5.56 Å². The van der Waals surface area contributed by atoms with Gasteiger partial charge in [0, 0.05) is 13.0 Å². The van der Waals surface area contributed by atoms with E-state index in [1.807, 2.05) is 25.1 Å². The minimum atomic E-state index is 0.111. The maximum absolute atomic E-state index is 8.36. The maximum atomic E-state index is 8.36. The summed E-state index contributed by atoms with van der Waals surface area (Å²) in [6.45, 7) is 2.73. The van der Waals surface area contributed by atoms with Crippen molar-refractivity contribution in [2.75, 3.05) is 6.61 Å². The van der Waals surface area contributed by atoms with Crippen molar-refractivity contribution in [1.29, 1.82) is 0 Å². The van der Waals surface area contributed by atoms with E-state index in [0.717, 1.165) is 12.8 Å². The molecule has 0 spiro atoms. The molecule has 1 rings (SSSR count). The molecule has 1 aromatic carbocycles. The van der Waals surface area contributed by atoms with Gasteiger partial charge in [-0.2, -0.15) is 0 Å². The molecule has 0 radical (unpaired) electrons. The number of rotatable bonds is 7. The number of nitrogens with two attached hydrogens (primary N) is 1. The maximum Gasteiger partial charge on any atom is 0.139 e. The average molecular weight is 236 g/mol. The van der Waals surface area contributed by atoms with Gasteiger partial charge in [0.05, 0.1) is 6.10 Å². The van der Waals surface area contributed by atoms with E-state index < -0.39 is 0 Å². The molecule has 0 amide bonds. The Balaban J connectivity index is 2.15. The van der Waals surface area contributed by atoms with Gasteiger partial charge in [-0.25, -0.2) is 0 Å². The lowest BCUT2D eigenvalue weighted by Crippen LogP contribution is -2.11. The Kier molecular flexibility index (Phi) is 6.10. The van der Waals surface area contributed by atoms with Crippen molar-refractivity contribution in [2.24, 2.45) is 10.9 Å². The van der Waals surface area contributed by atoms with Gasteiger partial charge in [-0.15, -0.1) is 0 Å². The molecule has 0 saturated carbocycles. The third-order valence-electron chi connectivity index (χ3n) is 2.59. The lowest BCUT2D eigenvalue weighted by atomic mass is 10.1. The zero-order chi connectivity index (χ0) is 12.5. The minimum absolute atomic E-state index is 0.111. The largest absolute Gasteiger partial charge is 0.409 e. The minimum Gasteiger partial charge on any atom is -0.409 e. The zero-order valence-electron chi connectivity index (χ0n) is 10.2. The van der Waals surface area contributed by atoms with E-state index in [2.05, 4.69) is 17.3 Å². The fourth-order valence-electron chi connectivity index (χ4n) is 1.54. The van der Waals surface area contributed by atoms with Crippen molar-refractivity contribution in [1.82, 2.24) is 0 Å². The number of oxime groups is 1. The monoisotopic (exact) mass is 236 g/mol. The lowest BCUT2D eigenvalue weighted by molar-refractivity contribution is 0.0633. The van der Waals surface area contributed by atoms with Crippen LogP contribution in [0.3, 0.4) is 0 Å². The molecule has 0 aliphatic carbocycles. The highest BCUT2D eigenvalue weighted by atomic mass is 16.5. The fourth-order valence-corrected chi connectivity index (χ4v) is 1.54.